The van der Waals surface area contributed by atoms with Crippen LogP contribution in [0.1, 0.15) is 6.42 Å². The lowest BCUT2D eigenvalue weighted by Crippen LogP contribution is -2.17. The third-order valence-corrected chi connectivity index (χ3v) is 1.71. The van der Waals surface area contributed by atoms with Crippen molar-refractivity contribution in [3.05, 3.63) is 24.1 Å². The minimum absolute atomic E-state index is 0.280. The van der Waals surface area contributed by atoms with Crippen LogP contribution in [-0.4, -0.2) is 27.5 Å². The SMILES string of the molecule is C=CCC(C(=O)O)=C(F)C(Cl)C(=O)O. The summed E-state index contributed by atoms with van der Waals surface area (Å²) in [5.41, 5.74) is -0.692. The van der Waals surface area contributed by atoms with Crippen LogP contribution in [0, 0.1) is 0 Å². The lowest BCUT2D eigenvalue weighted by atomic mass is 10.1. The summed E-state index contributed by atoms with van der Waals surface area (Å²) in [5, 5.41) is 14.9. The first-order valence-electron chi connectivity index (χ1n) is 3.51. The van der Waals surface area contributed by atoms with Gasteiger partial charge in [-0.3, -0.25) is 4.79 Å². The first-order valence-corrected chi connectivity index (χ1v) is 3.95. The molecule has 2 N–H and O–H groups in total. The highest BCUT2D eigenvalue weighted by atomic mass is 35.5. The molecule has 0 heterocycles. The molecule has 0 aromatic carbocycles. The third-order valence-electron chi connectivity index (χ3n) is 1.33. The van der Waals surface area contributed by atoms with Crippen LogP contribution in [-0.2, 0) is 9.59 Å². The quantitative estimate of drug-likeness (QED) is 0.421. The van der Waals surface area contributed by atoms with E-state index in [0.29, 0.717) is 0 Å². The van der Waals surface area contributed by atoms with Crippen molar-refractivity contribution < 1.29 is 24.2 Å². The summed E-state index contributed by atoms with van der Waals surface area (Å²) in [6.07, 6.45) is 0.867. The zero-order valence-electron chi connectivity index (χ0n) is 7.04. The summed E-state index contributed by atoms with van der Waals surface area (Å²) in [5.74, 6) is -4.55. The van der Waals surface area contributed by atoms with Crippen molar-refractivity contribution >= 4 is 23.5 Å². The number of carboxylic acids is 2. The molecule has 0 rings (SSSR count). The molecule has 78 valence electrons. The van der Waals surface area contributed by atoms with Gasteiger partial charge in [0.2, 0.25) is 0 Å². The fraction of sp³-hybridized carbons (Fsp3) is 0.250. The number of carbonyl (C=O) groups is 2. The number of hydrogen-bond donors (Lipinski definition) is 2. The second-order valence-electron chi connectivity index (χ2n) is 2.33. The summed E-state index contributed by atoms with van der Waals surface area (Å²) >= 11 is 5.11. The number of halogens is 2. The second-order valence-corrected chi connectivity index (χ2v) is 2.76. The van der Waals surface area contributed by atoms with E-state index in [9.17, 15) is 14.0 Å². The van der Waals surface area contributed by atoms with Crippen LogP contribution in [0.3, 0.4) is 0 Å². The van der Waals surface area contributed by atoms with E-state index in [4.69, 9.17) is 21.8 Å². The van der Waals surface area contributed by atoms with Gasteiger partial charge < -0.3 is 10.2 Å². The molecule has 0 aromatic rings. The predicted octanol–water partition coefficient (Wildman–Crippen LogP) is 1.56. The average molecular weight is 223 g/mol. The molecule has 0 bridgehead atoms. The molecule has 0 aliphatic rings. The number of hydrogen-bond acceptors (Lipinski definition) is 2. The van der Waals surface area contributed by atoms with Gasteiger partial charge >= 0.3 is 11.9 Å². The standard InChI is InChI=1S/C8H8ClFO4/c1-2-3-4(7(11)12)6(10)5(9)8(13)14/h2,5H,1,3H2,(H,11,12)(H,13,14). The van der Waals surface area contributed by atoms with Gasteiger partial charge in [0.15, 0.2) is 5.38 Å². The normalized spacial score (nSPS) is 14.1. The summed E-state index contributed by atoms with van der Waals surface area (Å²) in [6, 6.07) is 0. The lowest BCUT2D eigenvalue weighted by Gasteiger charge is -2.04. The first-order chi connectivity index (χ1) is 6.41. The van der Waals surface area contributed by atoms with Crippen molar-refractivity contribution in [1.82, 2.24) is 0 Å². The van der Waals surface area contributed by atoms with Gasteiger partial charge in [0.1, 0.15) is 5.83 Å². The highest BCUT2D eigenvalue weighted by Gasteiger charge is 2.25. The first kappa shape index (κ1) is 12.6. The number of allylic oxidation sites excluding steroid dienone is 1. The zero-order chi connectivity index (χ0) is 11.3. The Morgan fingerprint density at radius 1 is 1.50 bits per heavy atom. The van der Waals surface area contributed by atoms with Gasteiger partial charge in [-0.05, 0) is 6.42 Å². The van der Waals surface area contributed by atoms with Crippen molar-refractivity contribution in [2.24, 2.45) is 0 Å². The van der Waals surface area contributed by atoms with Crippen LogP contribution in [0.25, 0.3) is 0 Å². The number of rotatable bonds is 5. The molecule has 0 aliphatic heterocycles. The Balaban J connectivity index is 5.07. The molecule has 0 amide bonds. The van der Waals surface area contributed by atoms with E-state index in [1.54, 1.807) is 0 Å². The van der Waals surface area contributed by atoms with E-state index in [1.807, 2.05) is 0 Å². The summed E-state index contributed by atoms with van der Waals surface area (Å²) in [7, 11) is 0. The summed E-state index contributed by atoms with van der Waals surface area (Å²) < 4.78 is 13.1. The van der Waals surface area contributed by atoms with Gasteiger partial charge in [-0.2, -0.15) is 0 Å². The molecule has 0 aromatic heterocycles. The lowest BCUT2D eigenvalue weighted by molar-refractivity contribution is -0.136. The summed E-state index contributed by atoms with van der Waals surface area (Å²) in [6.45, 7) is 3.21. The molecule has 0 aliphatic carbocycles. The van der Waals surface area contributed by atoms with Crippen LogP contribution >= 0.6 is 11.6 Å². The van der Waals surface area contributed by atoms with E-state index in [1.165, 1.54) is 0 Å². The minimum Gasteiger partial charge on any atom is -0.480 e. The van der Waals surface area contributed by atoms with Gasteiger partial charge in [0.05, 0.1) is 5.57 Å². The van der Waals surface area contributed by atoms with Crippen LogP contribution in [0.5, 0.6) is 0 Å². The van der Waals surface area contributed by atoms with E-state index in [-0.39, 0.29) is 6.42 Å². The molecule has 6 heteroatoms. The van der Waals surface area contributed by atoms with Crippen molar-refractivity contribution in [2.75, 3.05) is 0 Å². The van der Waals surface area contributed by atoms with E-state index in [2.05, 4.69) is 6.58 Å². The Hall–Kier alpha value is -1.36. The Labute approximate surface area is 84.3 Å². The molecule has 1 unspecified atom stereocenters. The van der Waals surface area contributed by atoms with Crippen molar-refractivity contribution in [1.29, 1.82) is 0 Å². The van der Waals surface area contributed by atoms with E-state index in [0.717, 1.165) is 6.08 Å². The molecule has 4 nitrogen and oxygen atoms in total. The highest BCUT2D eigenvalue weighted by molar-refractivity contribution is 6.31. The highest BCUT2D eigenvalue weighted by Crippen LogP contribution is 2.19. The molecular formula is C8H8ClFO4. The maximum atomic E-state index is 13.1. The van der Waals surface area contributed by atoms with Gasteiger partial charge in [-0.1, -0.05) is 6.08 Å². The second kappa shape index (κ2) is 5.39. The third kappa shape index (κ3) is 3.18. The maximum absolute atomic E-state index is 13.1. The molecule has 0 fully saturated rings. The molecule has 0 spiro atoms. The smallest absolute Gasteiger partial charge is 0.334 e. The minimum atomic E-state index is -1.97. The maximum Gasteiger partial charge on any atom is 0.334 e. The Morgan fingerprint density at radius 3 is 2.29 bits per heavy atom. The van der Waals surface area contributed by atoms with Gasteiger partial charge in [-0.15, -0.1) is 18.2 Å². The largest absolute Gasteiger partial charge is 0.480 e. The van der Waals surface area contributed by atoms with Gasteiger partial charge in [0.25, 0.3) is 0 Å². The van der Waals surface area contributed by atoms with Crippen molar-refractivity contribution in [3.63, 3.8) is 0 Å². The number of carboxylic acid groups (broad SMARTS) is 2. The summed E-state index contributed by atoms with van der Waals surface area (Å²) in [4.78, 5) is 20.7. The molecule has 0 saturated carbocycles. The van der Waals surface area contributed by atoms with Crippen LogP contribution < -0.4 is 0 Å². The Kier molecular flexibility index (Phi) is 4.86. The number of alkyl halides is 1. The van der Waals surface area contributed by atoms with Gasteiger partial charge in [-0.25, -0.2) is 9.18 Å². The zero-order valence-corrected chi connectivity index (χ0v) is 7.79. The fourth-order valence-electron chi connectivity index (χ4n) is 0.693. The number of aliphatic carboxylic acids is 2. The van der Waals surface area contributed by atoms with E-state index >= 15 is 0 Å². The van der Waals surface area contributed by atoms with Crippen LogP contribution in [0.15, 0.2) is 24.1 Å². The molecule has 0 radical (unpaired) electrons. The van der Waals surface area contributed by atoms with Crippen LogP contribution in [0.4, 0.5) is 4.39 Å². The van der Waals surface area contributed by atoms with Crippen molar-refractivity contribution in [3.8, 4) is 0 Å². The Morgan fingerprint density at radius 2 is 2.00 bits per heavy atom. The van der Waals surface area contributed by atoms with Crippen LogP contribution in [0.2, 0.25) is 0 Å². The predicted molar refractivity (Wildman–Crippen MR) is 47.9 cm³/mol. The van der Waals surface area contributed by atoms with Gasteiger partial charge in [0, 0.05) is 0 Å². The molecule has 14 heavy (non-hydrogen) atoms. The molecule has 0 saturated heterocycles. The van der Waals surface area contributed by atoms with Crippen molar-refractivity contribution in [2.45, 2.75) is 11.8 Å². The van der Waals surface area contributed by atoms with E-state index < -0.39 is 28.7 Å². The Bertz CT molecular complexity index is 298. The average Bonchev–Trinajstić information content (AvgIpc) is 2.11. The topological polar surface area (TPSA) is 74.6 Å². The molecular weight excluding hydrogens is 215 g/mol. The molecule has 1 atom stereocenters. The monoisotopic (exact) mass is 222 g/mol. The fourth-order valence-corrected chi connectivity index (χ4v) is 0.824.